The highest BCUT2D eigenvalue weighted by atomic mass is 16.5. The molecule has 1 aliphatic carbocycles. The van der Waals surface area contributed by atoms with Crippen molar-refractivity contribution in [3.8, 4) is 0 Å². The highest BCUT2D eigenvalue weighted by Crippen LogP contribution is 2.29. The lowest BCUT2D eigenvalue weighted by Gasteiger charge is -2.32. The van der Waals surface area contributed by atoms with E-state index in [2.05, 4.69) is 6.92 Å². The minimum absolute atomic E-state index is 0.230. The Morgan fingerprint density at radius 1 is 1.31 bits per heavy atom. The van der Waals surface area contributed by atoms with Crippen molar-refractivity contribution in [3.05, 3.63) is 0 Å². The molecule has 0 bridgehead atoms. The Bertz CT molecular complexity index is 132. The van der Waals surface area contributed by atoms with Crippen LogP contribution in [0.15, 0.2) is 0 Å². The van der Waals surface area contributed by atoms with Crippen molar-refractivity contribution >= 4 is 0 Å². The molecule has 1 fully saturated rings. The van der Waals surface area contributed by atoms with Gasteiger partial charge in [0.2, 0.25) is 0 Å². The van der Waals surface area contributed by atoms with Gasteiger partial charge >= 0.3 is 0 Å². The van der Waals surface area contributed by atoms with Crippen LogP contribution >= 0.6 is 0 Å². The molecule has 2 atom stereocenters. The highest BCUT2D eigenvalue weighted by Gasteiger charge is 2.27. The molecule has 0 aromatic heterocycles. The largest absolute Gasteiger partial charge is 0.380 e. The molecule has 13 heavy (non-hydrogen) atoms. The normalized spacial score (nSPS) is 24.2. The van der Waals surface area contributed by atoms with E-state index in [1.54, 1.807) is 7.11 Å². The third-order valence-corrected chi connectivity index (χ3v) is 3.28. The molecule has 1 saturated carbocycles. The van der Waals surface area contributed by atoms with Crippen LogP contribution in [0.1, 0.15) is 45.4 Å². The first-order valence-electron chi connectivity index (χ1n) is 5.58. The molecule has 1 aliphatic rings. The molecule has 0 aromatic rings. The van der Waals surface area contributed by atoms with Crippen molar-refractivity contribution in [1.82, 2.24) is 0 Å². The minimum Gasteiger partial charge on any atom is -0.380 e. The van der Waals surface area contributed by atoms with E-state index in [0.29, 0.717) is 12.0 Å². The average Bonchev–Trinajstić information content (AvgIpc) is 2.20. The average molecular weight is 185 g/mol. The van der Waals surface area contributed by atoms with Gasteiger partial charge < -0.3 is 10.5 Å². The number of rotatable bonds is 4. The molecule has 78 valence electrons. The molecule has 0 radical (unpaired) electrons. The Balaban J connectivity index is 2.43. The van der Waals surface area contributed by atoms with Crippen molar-refractivity contribution in [2.24, 2.45) is 11.7 Å². The lowest BCUT2D eigenvalue weighted by atomic mass is 9.82. The quantitative estimate of drug-likeness (QED) is 0.729. The van der Waals surface area contributed by atoms with Crippen LogP contribution in [0.4, 0.5) is 0 Å². The Morgan fingerprint density at radius 2 is 1.92 bits per heavy atom. The van der Waals surface area contributed by atoms with E-state index in [0.717, 1.165) is 6.42 Å². The fraction of sp³-hybridized carbons (Fsp3) is 1.00. The summed E-state index contributed by atoms with van der Waals surface area (Å²) in [5.41, 5.74) is 6.03. The maximum atomic E-state index is 6.03. The monoisotopic (exact) mass is 185 g/mol. The fourth-order valence-corrected chi connectivity index (χ4v) is 2.41. The number of nitrogens with two attached hydrogens (primary N) is 1. The van der Waals surface area contributed by atoms with E-state index in [1.165, 1.54) is 32.1 Å². The maximum Gasteiger partial charge on any atom is 0.0750 e. The summed E-state index contributed by atoms with van der Waals surface area (Å²) in [4.78, 5) is 0. The summed E-state index contributed by atoms with van der Waals surface area (Å²) in [6.07, 6.45) is 8.06. The van der Waals surface area contributed by atoms with Crippen LogP contribution in [0.3, 0.4) is 0 Å². The molecule has 0 spiro atoms. The smallest absolute Gasteiger partial charge is 0.0750 e. The highest BCUT2D eigenvalue weighted by molar-refractivity contribution is 4.81. The van der Waals surface area contributed by atoms with Crippen LogP contribution in [0.25, 0.3) is 0 Å². The Hall–Kier alpha value is -0.0800. The van der Waals surface area contributed by atoms with E-state index in [9.17, 15) is 0 Å². The van der Waals surface area contributed by atoms with E-state index in [-0.39, 0.29) is 6.04 Å². The summed E-state index contributed by atoms with van der Waals surface area (Å²) in [6, 6.07) is 0.230. The topological polar surface area (TPSA) is 35.2 Å². The van der Waals surface area contributed by atoms with E-state index in [4.69, 9.17) is 10.5 Å². The molecule has 1 unspecified atom stereocenters. The van der Waals surface area contributed by atoms with E-state index in [1.807, 2.05) is 0 Å². The SMILES string of the molecule is CC[C@@H](N)C(OC)C1CCCCC1. The minimum atomic E-state index is 0.230. The molecule has 0 amide bonds. The van der Waals surface area contributed by atoms with Gasteiger partial charge in [-0.15, -0.1) is 0 Å². The van der Waals surface area contributed by atoms with Crippen molar-refractivity contribution in [2.45, 2.75) is 57.6 Å². The summed E-state index contributed by atoms with van der Waals surface area (Å²) >= 11 is 0. The molecule has 0 aliphatic heterocycles. The molecule has 2 heteroatoms. The summed E-state index contributed by atoms with van der Waals surface area (Å²) < 4.78 is 5.52. The number of ether oxygens (including phenoxy) is 1. The van der Waals surface area contributed by atoms with E-state index >= 15 is 0 Å². The van der Waals surface area contributed by atoms with Crippen LogP contribution in [0.5, 0.6) is 0 Å². The van der Waals surface area contributed by atoms with Gasteiger partial charge in [-0.2, -0.15) is 0 Å². The van der Waals surface area contributed by atoms with Crippen molar-refractivity contribution in [1.29, 1.82) is 0 Å². The number of hydrogen-bond donors (Lipinski definition) is 1. The molecule has 2 nitrogen and oxygen atoms in total. The fourth-order valence-electron chi connectivity index (χ4n) is 2.41. The first-order chi connectivity index (χ1) is 6.29. The van der Waals surface area contributed by atoms with Crippen molar-refractivity contribution < 1.29 is 4.74 Å². The third kappa shape index (κ3) is 2.96. The molecule has 0 saturated heterocycles. The summed E-state index contributed by atoms with van der Waals surface area (Å²) in [7, 11) is 1.80. The zero-order valence-electron chi connectivity index (χ0n) is 8.96. The third-order valence-electron chi connectivity index (χ3n) is 3.28. The van der Waals surface area contributed by atoms with Gasteiger partial charge in [0.25, 0.3) is 0 Å². The maximum absolute atomic E-state index is 6.03. The van der Waals surface area contributed by atoms with Crippen molar-refractivity contribution in [2.75, 3.05) is 7.11 Å². The van der Waals surface area contributed by atoms with Crippen LogP contribution in [-0.4, -0.2) is 19.3 Å². The number of hydrogen-bond acceptors (Lipinski definition) is 2. The van der Waals surface area contributed by atoms with Gasteiger partial charge in [0.15, 0.2) is 0 Å². The molecular formula is C11H23NO. The van der Waals surface area contributed by atoms with Gasteiger partial charge in [-0.1, -0.05) is 26.2 Å². The molecule has 0 aromatic carbocycles. The van der Waals surface area contributed by atoms with Gasteiger partial charge in [-0.25, -0.2) is 0 Å². The van der Waals surface area contributed by atoms with Gasteiger partial charge in [-0.3, -0.25) is 0 Å². The van der Waals surface area contributed by atoms with Gasteiger partial charge in [0, 0.05) is 13.2 Å². The predicted octanol–water partition coefficient (Wildman–Crippen LogP) is 2.32. The lowest BCUT2D eigenvalue weighted by Crippen LogP contribution is -2.41. The summed E-state index contributed by atoms with van der Waals surface area (Å²) in [5.74, 6) is 0.716. The van der Waals surface area contributed by atoms with Crippen LogP contribution in [0.2, 0.25) is 0 Å². The summed E-state index contributed by atoms with van der Waals surface area (Å²) in [6.45, 7) is 2.14. The number of methoxy groups -OCH3 is 1. The predicted molar refractivity (Wildman–Crippen MR) is 55.6 cm³/mol. The van der Waals surface area contributed by atoms with Crippen LogP contribution < -0.4 is 5.73 Å². The first-order valence-corrected chi connectivity index (χ1v) is 5.58. The van der Waals surface area contributed by atoms with E-state index < -0.39 is 0 Å². The zero-order valence-corrected chi connectivity index (χ0v) is 8.96. The second-order valence-electron chi connectivity index (χ2n) is 4.17. The van der Waals surface area contributed by atoms with Crippen molar-refractivity contribution in [3.63, 3.8) is 0 Å². The zero-order chi connectivity index (χ0) is 9.68. The van der Waals surface area contributed by atoms with Gasteiger partial charge in [0.1, 0.15) is 0 Å². The first kappa shape index (κ1) is 11.0. The van der Waals surface area contributed by atoms with Crippen LogP contribution in [-0.2, 0) is 4.74 Å². The standard InChI is InChI=1S/C11H23NO/c1-3-10(12)11(13-2)9-7-5-4-6-8-9/h9-11H,3-8,12H2,1-2H3/t10-,11?/m1/s1. The molecule has 2 N–H and O–H groups in total. The van der Waals surface area contributed by atoms with Gasteiger partial charge in [0.05, 0.1) is 6.10 Å². The lowest BCUT2D eigenvalue weighted by molar-refractivity contribution is 0.0170. The summed E-state index contributed by atoms with van der Waals surface area (Å²) in [5, 5.41) is 0. The van der Waals surface area contributed by atoms with Gasteiger partial charge in [-0.05, 0) is 25.2 Å². The Morgan fingerprint density at radius 3 is 2.38 bits per heavy atom. The molecule has 0 heterocycles. The second-order valence-corrected chi connectivity index (χ2v) is 4.17. The molecule has 1 rings (SSSR count). The van der Waals surface area contributed by atoms with Crippen LogP contribution in [0, 0.1) is 5.92 Å². The molecular weight excluding hydrogens is 162 g/mol. The Labute approximate surface area is 81.8 Å². The Kier molecular flexibility index (Phi) is 4.74. The second kappa shape index (κ2) is 5.61.